The third-order valence-electron chi connectivity index (χ3n) is 3.54. The molecular weight excluding hydrogens is 300 g/mol. The van der Waals surface area contributed by atoms with Gasteiger partial charge >= 0.3 is 5.97 Å². The van der Waals surface area contributed by atoms with E-state index in [-0.39, 0.29) is 29.6 Å². The van der Waals surface area contributed by atoms with Gasteiger partial charge < -0.3 is 19.4 Å². The smallest absolute Gasteiger partial charge is 0.335 e. The zero-order chi connectivity index (χ0) is 16.6. The Balaban J connectivity index is 2.31. The van der Waals surface area contributed by atoms with Crippen LogP contribution in [0.5, 0.6) is 5.75 Å². The molecular formula is C17H14O6. The summed E-state index contributed by atoms with van der Waals surface area (Å²) in [6.07, 6.45) is 0. The quantitative estimate of drug-likeness (QED) is 0.717. The van der Waals surface area contributed by atoms with E-state index >= 15 is 0 Å². The molecule has 6 heteroatoms. The molecule has 0 saturated carbocycles. The molecule has 118 valence electrons. The van der Waals surface area contributed by atoms with Crippen LogP contribution in [-0.2, 0) is 0 Å². The lowest BCUT2D eigenvalue weighted by molar-refractivity contribution is 0.0697. The first kappa shape index (κ1) is 15.1. The highest BCUT2D eigenvalue weighted by atomic mass is 16.5. The van der Waals surface area contributed by atoms with Gasteiger partial charge in [-0.2, -0.15) is 0 Å². The number of hydrogen-bond donors (Lipinski definition) is 2. The van der Waals surface area contributed by atoms with Gasteiger partial charge in [-0.3, -0.25) is 4.79 Å². The second-order valence-corrected chi connectivity index (χ2v) is 5.14. The molecule has 0 aliphatic rings. The maximum atomic E-state index is 12.7. The third kappa shape index (κ3) is 2.64. The van der Waals surface area contributed by atoms with E-state index in [2.05, 4.69) is 0 Å². The Kier molecular flexibility index (Phi) is 3.75. The predicted molar refractivity (Wildman–Crippen MR) is 84.3 cm³/mol. The summed E-state index contributed by atoms with van der Waals surface area (Å²) >= 11 is 0. The van der Waals surface area contributed by atoms with E-state index < -0.39 is 5.97 Å². The van der Waals surface area contributed by atoms with Gasteiger partial charge in [0.25, 0.3) is 0 Å². The summed E-state index contributed by atoms with van der Waals surface area (Å²) in [5, 5.41) is 18.4. The van der Waals surface area contributed by atoms with Crippen molar-refractivity contribution in [3.8, 4) is 5.75 Å². The summed E-state index contributed by atoms with van der Waals surface area (Å²) in [4.78, 5) is 23.8. The van der Waals surface area contributed by atoms with Gasteiger partial charge in [-0.1, -0.05) is 0 Å². The van der Waals surface area contributed by atoms with Crippen molar-refractivity contribution >= 4 is 27.9 Å². The fourth-order valence-electron chi connectivity index (χ4n) is 2.48. The fraction of sp³-hybridized carbons (Fsp3) is 0.176. The van der Waals surface area contributed by atoms with Crippen LogP contribution >= 0.6 is 0 Å². The van der Waals surface area contributed by atoms with Gasteiger partial charge in [0, 0.05) is 0 Å². The molecule has 0 amide bonds. The SMILES string of the molecule is Cc1cc(OCCO)cc2c(=O)c3cc(C(=O)O)ccc3oc12. The zero-order valence-electron chi connectivity index (χ0n) is 12.3. The molecule has 0 saturated heterocycles. The van der Waals surface area contributed by atoms with Crippen molar-refractivity contribution in [2.45, 2.75) is 6.92 Å². The van der Waals surface area contributed by atoms with E-state index in [4.69, 9.17) is 19.4 Å². The molecule has 6 nitrogen and oxygen atoms in total. The highest BCUT2D eigenvalue weighted by Crippen LogP contribution is 2.26. The van der Waals surface area contributed by atoms with Crippen LogP contribution in [0.25, 0.3) is 21.9 Å². The molecule has 0 unspecified atom stereocenters. The lowest BCUT2D eigenvalue weighted by Crippen LogP contribution is -2.07. The van der Waals surface area contributed by atoms with Crippen LogP contribution in [0.2, 0.25) is 0 Å². The van der Waals surface area contributed by atoms with Gasteiger partial charge in [0.05, 0.1) is 22.9 Å². The number of carboxylic acid groups (broad SMARTS) is 1. The lowest BCUT2D eigenvalue weighted by atomic mass is 10.1. The van der Waals surface area contributed by atoms with Crippen LogP contribution in [0, 0.1) is 6.92 Å². The number of carboxylic acids is 1. The molecule has 2 N–H and O–H groups in total. The number of aryl methyl sites for hydroxylation is 1. The van der Waals surface area contributed by atoms with Crippen LogP contribution in [0.1, 0.15) is 15.9 Å². The average Bonchev–Trinajstić information content (AvgIpc) is 2.53. The zero-order valence-corrected chi connectivity index (χ0v) is 12.3. The lowest BCUT2D eigenvalue weighted by Gasteiger charge is -2.09. The van der Waals surface area contributed by atoms with E-state index in [1.54, 1.807) is 13.0 Å². The molecule has 0 fully saturated rings. The van der Waals surface area contributed by atoms with Gasteiger partial charge in [-0.15, -0.1) is 0 Å². The largest absolute Gasteiger partial charge is 0.491 e. The van der Waals surface area contributed by atoms with E-state index in [1.165, 1.54) is 24.3 Å². The van der Waals surface area contributed by atoms with Crippen molar-refractivity contribution in [3.63, 3.8) is 0 Å². The monoisotopic (exact) mass is 314 g/mol. The second-order valence-electron chi connectivity index (χ2n) is 5.14. The Labute approximate surface area is 130 Å². The number of benzene rings is 2. The summed E-state index contributed by atoms with van der Waals surface area (Å²) in [7, 11) is 0. The summed E-state index contributed by atoms with van der Waals surface area (Å²) in [6, 6.07) is 7.44. The van der Waals surface area contributed by atoms with Crippen molar-refractivity contribution < 1.29 is 24.2 Å². The molecule has 0 aliphatic carbocycles. The first-order chi connectivity index (χ1) is 11.0. The number of aliphatic hydroxyl groups is 1. The molecule has 0 aliphatic heterocycles. The maximum Gasteiger partial charge on any atom is 0.335 e. The number of hydrogen-bond acceptors (Lipinski definition) is 5. The number of aromatic carboxylic acids is 1. The van der Waals surface area contributed by atoms with Crippen LogP contribution in [0.4, 0.5) is 0 Å². The predicted octanol–water partition coefficient (Wildman–Crippen LogP) is 2.32. The molecule has 3 rings (SSSR count). The van der Waals surface area contributed by atoms with E-state index in [0.717, 1.165) is 5.56 Å². The molecule has 0 spiro atoms. The van der Waals surface area contributed by atoms with Gasteiger partial charge in [0.2, 0.25) is 5.43 Å². The standard InChI is InChI=1S/C17H14O6/c1-9-6-11(22-5-4-18)8-13-15(19)12-7-10(17(20)21)2-3-14(12)23-16(9)13/h2-3,6-8,18H,4-5H2,1H3,(H,20,21). The Morgan fingerprint density at radius 2 is 2.00 bits per heavy atom. The van der Waals surface area contributed by atoms with E-state index in [0.29, 0.717) is 22.3 Å². The highest BCUT2D eigenvalue weighted by molar-refractivity contribution is 5.96. The van der Waals surface area contributed by atoms with Gasteiger partial charge in [-0.05, 0) is 42.8 Å². The molecule has 0 radical (unpaired) electrons. The highest BCUT2D eigenvalue weighted by Gasteiger charge is 2.13. The van der Waals surface area contributed by atoms with Crippen molar-refractivity contribution in [2.75, 3.05) is 13.2 Å². The number of aliphatic hydroxyl groups excluding tert-OH is 1. The first-order valence-electron chi connectivity index (χ1n) is 6.99. The Hall–Kier alpha value is -2.86. The Morgan fingerprint density at radius 3 is 2.70 bits per heavy atom. The first-order valence-corrected chi connectivity index (χ1v) is 6.99. The summed E-state index contributed by atoms with van der Waals surface area (Å²) < 4.78 is 11.1. The molecule has 23 heavy (non-hydrogen) atoms. The van der Waals surface area contributed by atoms with E-state index in [1.807, 2.05) is 0 Å². The number of carbonyl (C=O) groups is 1. The van der Waals surface area contributed by atoms with Crippen LogP contribution in [0.3, 0.4) is 0 Å². The molecule has 1 heterocycles. The minimum absolute atomic E-state index is 0.0218. The number of rotatable bonds is 4. The maximum absolute atomic E-state index is 12.7. The fourth-order valence-corrected chi connectivity index (χ4v) is 2.48. The van der Waals surface area contributed by atoms with Gasteiger partial charge in [0.15, 0.2) is 0 Å². The van der Waals surface area contributed by atoms with Crippen molar-refractivity contribution in [1.82, 2.24) is 0 Å². The summed E-state index contributed by atoms with van der Waals surface area (Å²) in [5.74, 6) is -0.660. The molecule has 1 aromatic heterocycles. The molecule has 2 aromatic carbocycles. The average molecular weight is 314 g/mol. The minimum atomic E-state index is -1.11. The topological polar surface area (TPSA) is 97.0 Å². The number of fused-ring (bicyclic) bond motifs is 2. The van der Waals surface area contributed by atoms with Crippen molar-refractivity contribution in [3.05, 3.63) is 51.7 Å². The second kappa shape index (κ2) is 5.73. The van der Waals surface area contributed by atoms with Crippen LogP contribution < -0.4 is 10.2 Å². The van der Waals surface area contributed by atoms with Gasteiger partial charge in [0.1, 0.15) is 23.5 Å². The van der Waals surface area contributed by atoms with Crippen LogP contribution in [-0.4, -0.2) is 29.4 Å². The molecule has 3 aromatic rings. The Morgan fingerprint density at radius 1 is 1.22 bits per heavy atom. The molecule has 0 atom stereocenters. The Bertz CT molecular complexity index is 970. The number of ether oxygens (including phenoxy) is 1. The van der Waals surface area contributed by atoms with Crippen LogP contribution in [0.15, 0.2) is 39.5 Å². The summed E-state index contributed by atoms with van der Waals surface area (Å²) in [5.41, 5.74) is 1.19. The van der Waals surface area contributed by atoms with Gasteiger partial charge in [-0.25, -0.2) is 4.79 Å². The minimum Gasteiger partial charge on any atom is -0.491 e. The van der Waals surface area contributed by atoms with Crippen molar-refractivity contribution in [1.29, 1.82) is 0 Å². The van der Waals surface area contributed by atoms with Crippen molar-refractivity contribution in [2.24, 2.45) is 0 Å². The normalized spacial score (nSPS) is 11.0. The third-order valence-corrected chi connectivity index (χ3v) is 3.54. The van der Waals surface area contributed by atoms with E-state index in [9.17, 15) is 9.59 Å². The molecule has 0 bridgehead atoms. The summed E-state index contributed by atoms with van der Waals surface area (Å²) in [6.45, 7) is 1.77.